The molecule has 20 heavy (non-hydrogen) atoms. The summed E-state index contributed by atoms with van der Waals surface area (Å²) in [5, 5.41) is 2.82. The second kappa shape index (κ2) is 9.13. The van der Waals surface area contributed by atoms with E-state index >= 15 is 0 Å². The van der Waals surface area contributed by atoms with Crippen LogP contribution in [-0.4, -0.2) is 18.5 Å². The molecule has 0 unspecified atom stereocenters. The summed E-state index contributed by atoms with van der Waals surface area (Å²) in [7, 11) is 0. The maximum Gasteiger partial charge on any atom is 0.305 e. The molecule has 0 aliphatic carbocycles. The summed E-state index contributed by atoms with van der Waals surface area (Å²) < 4.78 is 4.95. The number of hydrogen-bond donors (Lipinski definition) is 1. The number of carbonyl (C=O) groups is 2. The smallest absolute Gasteiger partial charge is 0.305 e. The molecule has 0 saturated carbocycles. The minimum Gasteiger partial charge on any atom is -0.466 e. The Labute approximate surface area is 120 Å². The predicted octanol–water partition coefficient (Wildman–Crippen LogP) is 3.31. The van der Waals surface area contributed by atoms with Crippen molar-refractivity contribution in [1.29, 1.82) is 0 Å². The zero-order chi connectivity index (χ0) is 14.8. The van der Waals surface area contributed by atoms with Gasteiger partial charge in [-0.25, -0.2) is 0 Å². The van der Waals surface area contributed by atoms with E-state index in [0.29, 0.717) is 25.9 Å². The number of rotatable bonds is 8. The van der Waals surface area contributed by atoms with E-state index in [-0.39, 0.29) is 11.9 Å². The van der Waals surface area contributed by atoms with E-state index in [1.807, 2.05) is 31.2 Å². The minimum absolute atomic E-state index is 0.0717. The number of hydrogen-bond acceptors (Lipinski definition) is 3. The highest BCUT2D eigenvalue weighted by Gasteiger charge is 2.06. The SMILES string of the molecule is CCCOC(=O)CCCC(=O)Nc1ccc(CC)cc1. The van der Waals surface area contributed by atoms with Gasteiger partial charge in [0.1, 0.15) is 0 Å². The van der Waals surface area contributed by atoms with Crippen molar-refractivity contribution in [2.24, 2.45) is 0 Å². The summed E-state index contributed by atoms with van der Waals surface area (Å²) >= 11 is 0. The number of nitrogens with one attached hydrogen (secondary N) is 1. The van der Waals surface area contributed by atoms with Crippen LogP contribution >= 0.6 is 0 Å². The molecule has 0 heterocycles. The molecule has 0 bridgehead atoms. The summed E-state index contributed by atoms with van der Waals surface area (Å²) in [5.74, 6) is -0.301. The van der Waals surface area contributed by atoms with Gasteiger partial charge in [-0.2, -0.15) is 0 Å². The molecule has 0 aliphatic rings. The van der Waals surface area contributed by atoms with Crippen molar-refractivity contribution >= 4 is 17.6 Å². The van der Waals surface area contributed by atoms with Gasteiger partial charge in [0.2, 0.25) is 5.91 Å². The van der Waals surface area contributed by atoms with Crippen LogP contribution in [0.2, 0.25) is 0 Å². The van der Waals surface area contributed by atoms with Gasteiger partial charge in [0.25, 0.3) is 0 Å². The van der Waals surface area contributed by atoms with Crippen LogP contribution in [-0.2, 0) is 20.7 Å². The van der Waals surface area contributed by atoms with E-state index in [4.69, 9.17) is 4.74 Å². The molecule has 1 rings (SSSR count). The molecule has 110 valence electrons. The molecule has 1 N–H and O–H groups in total. The Hall–Kier alpha value is -1.84. The molecule has 1 amide bonds. The molecule has 1 aromatic rings. The topological polar surface area (TPSA) is 55.4 Å². The summed E-state index contributed by atoms with van der Waals surface area (Å²) in [5.41, 5.74) is 2.03. The van der Waals surface area contributed by atoms with Gasteiger partial charge in [-0.3, -0.25) is 9.59 Å². The van der Waals surface area contributed by atoms with Crippen molar-refractivity contribution < 1.29 is 14.3 Å². The van der Waals surface area contributed by atoms with Crippen LogP contribution in [0.15, 0.2) is 24.3 Å². The van der Waals surface area contributed by atoms with Gasteiger partial charge in [0.15, 0.2) is 0 Å². The maximum atomic E-state index is 11.7. The third-order valence-corrected chi connectivity index (χ3v) is 2.90. The second-order valence-corrected chi connectivity index (χ2v) is 4.67. The quantitative estimate of drug-likeness (QED) is 0.742. The Morgan fingerprint density at radius 3 is 2.40 bits per heavy atom. The van der Waals surface area contributed by atoms with E-state index in [2.05, 4.69) is 12.2 Å². The van der Waals surface area contributed by atoms with Crippen LogP contribution in [0, 0.1) is 0 Å². The highest BCUT2D eigenvalue weighted by Crippen LogP contribution is 2.11. The standard InChI is InChI=1S/C16H23NO3/c1-3-12-20-16(19)7-5-6-15(18)17-14-10-8-13(4-2)9-11-14/h8-11H,3-7,12H2,1-2H3,(H,17,18). The monoisotopic (exact) mass is 277 g/mol. The average Bonchev–Trinajstić information content (AvgIpc) is 2.46. The van der Waals surface area contributed by atoms with Crippen molar-refractivity contribution in [3.05, 3.63) is 29.8 Å². The third-order valence-electron chi connectivity index (χ3n) is 2.90. The maximum absolute atomic E-state index is 11.7. The molecule has 0 saturated heterocycles. The van der Waals surface area contributed by atoms with E-state index in [1.165, 1.54) is 5.56 Å². The lowest BCUT2D eigenvalue weighted by Crippen LogP contribution is -2.12. The number of benzene rings is 1. The highest BCUT2D eigenvalue weighted by atomic mass is 16.5. The van der Waals surface area contributed by atoms with Crippen molar-refractivity contribution in [1.82, 2.24) is 0 Å². The Morgan fingerprint density at radius 1 is 1.10 bits per heavy atom. The first kappa shape index (κ1) is 16.2. The van der Waals surface area contributed by atoms with Crippen molar-refractivity contribution in [3.63, 3.8) is 0 Å². The summed E-state index contributed by atoms with van der Waals surface area (Å²) in [6, 6.07) is 7.79. The van der Waals surface area contributed by atoms with Crippen LogP contribution in [0.3, 0.4) is 0 Å². The number of aryl methyl sites for hydroxylation is 1. The lowest BCUT2D eigenvalue weighted by atomic mass is 10.1. The van der Waals surface area contributed by atoms with Crippen molar-refractivity contribution in [3.8, 4) is 0 Å². The zero-order valence-corrected chi connectivity index (χ0v) is 12.3. The third kappa shape index (κ3) is 6.36. The summed E-state index contributed by atoms with van der Waals surface area (Å²) in [4.78, 5) is 23.0. The first-order valence-electron chi connectivity index (χ1n) is 7.20. The molecule has 0 aromatic heterocycles. The normalized spacial score (nSPS) is 10.1. The van der Waals surface area contributed by atoms with E-state index in [1.54, 1.807) is 0 Å². The highest BCUT2D eigenvalue weighted by molar-refractivity contribution is 5.90. The Balaban J connectivity index is 2.24. The van der Waals surface area contributed by atoms with Gasteiger partial charge in [-0.1, -0.05) is 26.0 Å². The number of amides is 1. The Bertz CT molecular complexity index is 426. The predicted molar refractivity (Wildman–Crippen MR) is 79.6 cm³/mol. The van der Waals surface area contributed by atoms with E-state index in [0.717, 1.165) is 18.5 Å². The first-order chi connectivity index (χ1) is 9.65. The molecule has 0 spiro atoms. The molecule has 4 nitrogen and oxygen atoms in total. The molecule has 0 atom stereocenters. The van der Waals surface area contributed by atoms with Gasteiger partial charge in [-0.15, -0.1) is 0 Å². The van der Waals surface area contributed by atoms with Gasteiger partial charge < -0.3 is 10.1 Å². The Kier molecular flexibility index (Phi) is 7.40. The van der Waals surface area contributed by atoms with Gasteiger partial charge in [0, 0.05) is 18.5 Å². The van der Waals surface area contributed by atoms with Crippen molar-refractivity contribution in [2.45, 2.75) is 46.0 Å². The van der Waals surface area contributed by atoms with Crippen LogP contribution in [0.5, 0.6) is 0 Å². The molecule has 1 aromatic carbocycles. The number of ether oxygens (including phenoxy) is 1. The lowest BCUT2D eigenvalue weighted by molar-refractivity contribution is -0.143. The fourth-order valence-corrected chi connectivity index (χ4v) is 1.73. The lowest BCUT2D eigenvalue weighted by Gasteiger charge is -2.06. The van der Waals surface area contributed by atoms with Crippen molar-refractivity contribution in [2.75, 3.05) is 11.9 Å². The van der Waals surface area contributed by atoms with Gasteiger partial charge >= 0.3 is 5.97 Å². The fraction of sp³-hybridized carbons (Fsp3) is 0.500. The molecule has 0 aliphatic heterocycles. The van der Waals surface area contributed by atoms with Crippen LogP contribution in [0.25, 0.3) is 0 Å². The fourth-order valence-electron chi connectivity index (χ4n) is 1.73. The second-order valence-electron chi connectivity index (χ2n) is 4.67. The molecular weight excluding hydrogens is 254 g/mol. The van der Waals surface area contributed by atoms with E-state index < -0.39 is 0 Å². The summed E-state index contributed by atoms with van der Waals surface area (Å²) in [6.45, 7) is 4.49. The largest absolute Gasteiger partial charge is 0.466 e. The number of anilines is 1. The summed E-state index contributed by atoms with van der Waals surface area (Å²) in [6.07, 6.45) is 2.94. The molecular formula is C16H23NO3. The van der Waals surface area contributed by atoms with Crippen LogP contribution in [0.1, 0.15) is 45.1 Å². The van der Waals surface area contributed by atoms with E-state index in [9.17, 15) is 9.59 Å². The Morgan fingerprint density at radius 2 is 1.80 bits per heavy atom. The van der Waals surface area contributed by atoms with Crippen LogP contribution < -0.4 is 5.32 Å². The average molecular weight is 277 g/mol. The number of carbonyl (C=O) groups excluding carboxylic acids is 2. The van der Waals surface area contributed by atoms with Gasteiger partial charge in [-0.05, 0) is 37.0 Å². The zero-order valence-electron chi connectivity index (χ0n) is 12.3. The first-order valence-corrected chi connectivity index (χ1v) is 7.20. The van der Waals surface area contributed by atoms with Gasteiger partial charge in [0.05, 0.1) is 6.61 Å². The van der Waals surface area contributed by atoms with Crippen LogP contribution in [0.4, 0.5) is 5.69 Å². The molecule has 4 heteroatoms. The minimum atomic E-state index is -0.230. The molecule has 0 fully saturated rings. The molecule has 0 radical (unpaired) electrons. The number of esters is 1.